The van der Waals surface area contributed by atoms with Crippen LogP contribution in [0, 0.1) is 0 Å². The Morgan fingerprint density at radius 2 is 1.80 bits per heavy atom. The van der Waals surface area contributed by atoms with Crippen LogP contribution in [-0.2, 0) is 4.79 Å². The molecule has 0 saturated carbocycles. The summed E-state index contributed by atoms with van der Waals surface area (Å²) < 4.78 is -1.61. The summed E-state index contributed by atoms with van der Waals surface area (Å²) >= 11 is 15.5. The van der Waals surface area contributed by atoms with Crippen molar-refractivity contribution in [3.63, 3.8) is 0 Å². The fourth-order valence-electron chi connectivity index (χ4n) is 0.166. The van der Waals surface area contributed by atoms with E-state index in [1.807, 2.05) is 0 Å². The molecule has 0 spiro atoms. The standard InChI is InChI=1S/C4H3Cl3O2.Tl/c5-4(6,7)2-1-3(8)9;/h1-2H,(H,8,9);/b2-1+;. The predicted octanol–water partition coefficient (Wildman–Crippen LogP) is 1.62. The van der Waals surface area contributed by atoms with Crippen molar-refractivity contribution in [3.8, 4) is 0 Å². The van der Waals surface area contributed by atoms with Gasteiger partial charge >= 0.3 is 5.97 Å². The smallest absolute Gasteiger partial charge is 0.328 e. The number of carbonyl (C=O) groups is 1. The number of halogens is 3. The van der Waals surface area contributed by atoms with E-state index in [4.69, 9.17) is 39.9 Å². The maximum atomic E-state index is 9.78. The van der Waals surface area contributed by atoms with Gasteiger partial charge in [-0.05, 0) is 6.08 Å². The summed E-state index contributed by atoms with van der Waals surface area (Å²) in [5.74, 6) is -1.14. The van der Waals surface area contributed by atoms with E-state index in [9.17, 15) is 4.79 Å². The topological polar surface area (TPSA) is 37.3 Å². The van der Waals surface area contributed by atoms with Crippen molar-refractivity contribution in [2.24, 2.45) is 0 Å². The van der Waals surface area contributed by atoms with E-state index >= 15 is 0 Å². The third kappa shape index (κ3) is 11.8. The van der Waals surface area contributed by atoms with Crippen LogP contribution >= 0.6 is 34.8 Å². The first kappa shape index (κ1) is 13.6. The van der Waals surface area contributed by atoms with E-state index in [1.54, 1.807) is 0 Å². The molecule has 2 nitrogen and oxygen atoms in total. The van der Waals surface area contributed by atoms with Crippen molar-refractivity contribution in [2.75, 3.05) is 0 Å². The quantitative estimate of drug-likeness (QED) is 0.417. The minimum atomic E-state index is -1.61. The van der Waals surface area contributed by atoms with Crippen molar-refractivity contribution in [3.05, 3.63) is 12.2 Å². The Balaban J connectivity index is 0. The fourth-order valence-corrected chi connectivity index (χ4v) is 0.355. The molecule has 1 radical (unpaired) electrons. The van der Waals surface area contributed by atoms with E-state index in [0.29, 0.717) is 0 Å². The minimum absolute atomic E-state index is 0. The SMILES string of the molecule is O=C(O)/C=C/C(Cl)(Cl)Cl.[Tl]. The summed E-state index contributed by atoms with van der Waals surface area (Å²) in [5.41, 5.74) is 0. The molecule has 0 aliphatic carbocycles. The van der Waals surface area contributed by atoms with Crippen LogP contribution in [0.5, 0.6) is 0 Å². The van der Waals surface area contributed by atoms with Crippen LogP contribution in [0.1, 0.15) is 0 Å². The molecule has 0 heterocycles. The van der Waals surface area contributed by atoms with Gasteiger partial charge in [-0.2, -0.15) is 0 Å². The van der Waals surface area contributed by atoms with Gasteiger partial charge in [0.15, 0.2) is 0 Å². The molecule has 0 atom stereocenters. The van der Waals surface area contributed by atoms with E-state index in [-0.39, 0.29) is 27.3 Å². The molecule has 0 rings (SSSR count). The molecule has 1 N–H and O–H groups in total. The van der Waals surface area contributed by atoms with Gasteiger partial charge in [0.2, 0.25) is 3.79 Å². The Morgan fingerprint density at radius 1 is 1.40 bits per heavy atom. The van der Waals surface area contributed by atoms with Crippen LogP contribution in [0.2, 0.25) is 0 Å². The van der Waals surface area contributed by atoms with E-state index in [2.05, 4.69) is 0 Å². The number of aliphatic carboxylic acids is 1. The zero-order valence-electron chi connectivity index (χ0n) is 4.72. The second-order valence-corrected chi connectivity index (χ2v) is 3.58. The van der Waals surface area contributed by atoms with Crippen molar-refractivity contribution >= 4 is 68.1 Å². The summed E-state index contributed by atoms with van der Waals surface area (Å²) in [6, 6.07) is 0. The number of carboxylic acids is 1. The maximum Gasteiger partial charge on any atom is 0.328 e. The van der Waals surface area contributed by atoms with Crippen LogP contribution in [-0.4, -0.2) is 42.2 Å². The molecule has 0 fully saturated rings. The first-order valence-corrected chi connectivity index (χ1v) is 3.04. The van der Waals surface area contributed by atoms with Gasteiger partial charge in [0.05, 0.1) is 0 Å². The molecule has 0 unspecified atom stereocenters. The molecule has 0 aromatic heterocycles. The third-order valence-corrected chi connectivity index (χ3v) is 0.793. The van der Waals surface area contributed by atoms with Crippen molar-refractivity contribution in [2.45, 2.75) is 3.79 Å². The van der Waals surface area contributed by atoms with Crippen molar-refractivity contribution < 1.29 is 9.90 Å². The molecule has 0 saturated heterocycles. The number of alkyl halides is 3. The number of rotatable bonds is 1. The summed E-state index contributed by atoms with van der Waals surface area (Å²) in [6.45, 7) is 0. The zero-order chi connectivity index (χ0) is 7.49. The van der Waals surface area contributed by atoms with Gasteiger partial charge in [0.25, 0.3) is 0 Å². The number of hydrogen-bond acceptors (Lipinski definition) is 1. The van der Waals surface area contributed by atoms with Gasteiger partial charge in [-0.3, -0.25) is 0 Å². The molecule has 0 aromatic rings. The second kappa shape index (κ2) is 5.63. The first-order chi connectivity index (χ1) is 3.92. The minimum Gasteiger partial charge on any atom is -0.478 e. The first-order valence-electron chi connectivity index (χ1n) is 1.91. The second-order valence-electron chi connectivity index (χ2n) is 1.21. The molecule has 0 bridgehead atoms. The summed E-state index contributed by atoms with van der Waals surface area (Å²) in [6.07, 6.45) is 1.73. The Hall–Kier alpha value is 1.00. The zero-order valence-corrected chi connectivity index (χ0v) is 11.5. The van der Waals surface area contributed by atoms with Gasteiger partial charge in [-0.25, -0.2) is 4.79 Å². The fraction of sp³-hybridized carbons (Fsp3) is 0.250. The van der Waals surface area contributed by atoms with Crippen LogP contribution in [0.15, 0.2) is 12.2 Å². The Morgan fingerprint density at radius 3 is 1.90 bits per heavy atom. The summed E-state index contributed by atoms with van der Waals surface area (Å²) in [5, 5.41) is 8.01. The molecule has 0 aliphatic heterocycles. The van der Waals surface area contributed by atoms with Crippen LogP contribution in [0.25, 0.3) is 0 Å². The summed E-state index contributed by atoms with van der Waals surface area (Å²) in [7, 11) is 0. The normalized spacial score (nSPS) is 11.1. The van der Waals surface area contributed by atoms with Gasteiger partial charge in [0, 0.05) is 33.4 Å². The van der Waals surface area contributed by atoms with Crippen LogP contribution < -0.4 is 0 Å². The Kier molecular flexibility index (Phi) is 7.64. The van der Waals surface area contributed by atoms with Crippen LogP contribution in [0.4, 0.5) is 0 Å². The largest absolute Gasteiger partial charge is 0.478 e. The Bertz CT molecular complexity index is 140. The average Bonchev–Trinajstić information content (AvgIpc) is 1.59. The van der Waals surface area contributed by atoms with Crippen molar-refractivity contribution in [1.82, 2.24) is 0 Å². The molecule has 0 aromatic carbocycles. The predicted molar refractivity (Wildman–Crippen MR) is 42.8 cm³/mol. The monoisotopic (exact) mass is 393 g/mol. The number of allylic oxidation sites excluding steroid dienone is 1. The number of hydrogen-bond donors (Lipinski definition) is 1. The Labute approximate surface area is 93.3 Å². The molecule has 0 amide bonds. The number of carboxylic acid groups (broad SMARTS) is 1. The van der Waals surface area contributed by atoms with Gasteiger partial charge in [-0.1, -0.05) is 34.8 Å². The summed E-state index contributed by atoms with van der Waals surface area (Å²) in [4.78, 5) is 9.78. The maximum absolute atomic E-state index is 9.78. The van der Waals surface area contributed by atoms with Crippen LogP contribution in [0.3, 0.4) is 0 Å². The third-order valence-electron chi connectivity index (χ3n) is 0.415. The molecule has 0 aliphatic rings. The molecule has 6 heteroatoms. The van der Waals surface area contributed by atoms with Gasteiger partial charge in [-0.15, -0.1) is 0 Å². The molecule has 55 valence electrons. The average molecular weight is 394 g/mol. The molecular formula is C4H3Cl3O2Tl. The van der Waals surface area contributed by atoms with E-state index in [1.165, 1.54) is 0 Å². The molecular weight excluding hydrogens is 391 g/mol. The van der Waals surface area contributed by atoms with Crippen molar-refractivity contribution in [1.29, 1.82) is 0 Å². The van der Waals surface area contributed by atoms with E-state index in [0.717, 1.165) is 12.2 Å². The van der Waals surface area contributed by atoms with Gasteiger partial charge < -0.3 is 5.11 Å². The van der Waals surface area contributed by atoms with Gasteiger partial charge in [0.1, 0.15) is 0 Å². The van der Waals surface area contributed by atoms with E-state index < -0.39 is 9.76 Å². The molecule has 10 heavy (non-hydrogen) atoms.